The van der Waals surface area contributed by atoms with Crippen molar-refractivity contribution in [1.82, 2.24) is 25.1 Å². The Morgan fingerprint density at radius 3 is 2.38 bits per heavy atom. The van der Waals surface area contributed by atoms with Crippen LogP contribution >= 0.6 is 35.0 Å². The largest absolute Gasteiger partial charge is 0.477 e. The third-order valence-corrected chi connectivity index (χ3v) is 7.51. The molecule has 2 aliphatic heterocycles. The van der Waals surface area contributed by atoms with Crippen LogP contribution in [-0.4, -0.2) is 70.0 Å². The number of urea groups is 1. The maximum atomic E-state index is 14.3. The lowest BCUT2D eigenvalue weighted by Gasteiger charge is -2.35. The fourth-order valence-electron chi connectivity index (χ4n) is 4.66. The molecule has 2 aliphatic rings. The molecule has 0 aliphatic carbocycles. The molecule has 3 aromatic rings. The number of amidine groups is 1. The first-order chi connectivity index (χ1) is 18.9. The second-order valence-electron chi connectivity index (χ2n) is 8.88. The highest BCUT2D eigenvalue weighted by molar-refractivity contribution is 7.98. The third kappa shape index (κ3) is 5.68. The van der Waals surface area contributed by atoms with E-state index >= 15 is 0 Å². The third-order valence-electron chi connectivity index (χ3n) is 6.44. The van der Waals surface area contributed by atoms with Gasteiger partial charge in [-0.3, -0.25) is 14.7 Å². The average Bonchev–Trinajstić information content (AvgIpc) is 3.34. The lowest BCUT2D eigenvalue weighted by molar-refractivity contribution is -0.123. The predicted molar refractivity (Wildman–Crippen MR) is 152 cm³/mol. The molecular formula is C27H26Cl2N6O3S. The number of rotatable bonds is 6. The number of hydrogen-bond acceptors (Lipinski definition) is 7. The number of aromatic nitrogens is 2. The Labute approximate surface area is 240 Å². The van der Waals surface area contributed by atoms with Gasteiger partial charge in [0, 0.05) is 29.3 Å². The summed E-state index contributed by atoms with van der Waals surface area (Å²) in [6.45, 7) is 2.91. The molecule has 3 heterocycles. The number of carbonyl (C=O) groups excluding carboxylic acids is 2. The van der Waals surface area contributed by atoms with E-state index in [-0.39, 0.29) is 18.5 Å². The molecule has 0 unspecified atom stereocenters. The van der Waals surface area contributed by atoms with Crippen molar-refractivity contribution in [3.05, 3.63) is 81.5 Å². The molecule has 2 atom stereocenters. The second-order valence-corrected chi connectivity index (χ2v) is 10.5. The lowest BCUT2D eigenvalue weighted by Crippen LogP contribution is -2.55. The van der Waals surface area contributed by atoms with E-state index in [1.165, 1.54) is 16.7 Å². The molecule has 39 heavy (non-hydrogen) atoms. The molecule has 9 nitrogen and oxygen atoms in total. The highest BCUT2D eigenvalue weighted by atomic mass is 35.5. The first kappa shape index (κ1) is 27.2. The van der Waals surface area contributed by atoms with Gasteiger partial charge in [0.05, 0.1) is 18.2 Å². The van der Waals surface area contributed by atoms with Crippen LogP contribution in [0.2, 0.25) is 10.0 Å². The Balaban J connectivity index is 1.70. The van der Waals surface area contributed by atoms with Crippen molar-refractivity contribution in [2.45, 2.75) is 24.2 Å². The van der Waals surface area contributed by atoms with Gasteiger partial charge in [-0.05, 0) is 48.6 Å². The smallest absolute Gasteiger partial charge is 0.326 e. The summed E-state index contributed by atoms with van der Waals surface area (Å²) in [4.78, 5) is 43.8. The Bertz CT molecular complexity index is 1400. The first-order valence-corrected chi connectivity index (χ1v) is 14.4. The van der Waals surface area contributed by atoms with E-state index in [9.17, 15) is 9.59 Å². The maximum Gasteiger partial charge on any atom is 0.326 e. The minimum Gasteiger partial charge on any atom is -0.477 e. The van der Waals surface area contributed by atoms with Gasteiger partial charge in [0.15, 0.2) is 5.16 Å². The predicted octanol–water partition coefficient (Wildman–Crippen LogP) is 5.00. The van der Waals surface area contributed by atoms with E-state index in [1.54, 1.807) is 35.4 Å². The molecular weight excluding hydrogens is 559 g/mol. The monoisotopic (exact) mass is 584 g/mol. The van der Waals surface area contributed by atoms with Gasteiger partial charge in [-0.2, -0.15) is 4.98 Å². The van der Waals surface area contributed by atoms with Gasteiger partial charge in [-0.25, -0.2) is 9.78 Å². The van der Waals surface area contributed by atoms with Crippen LogP contribution in [0.1, 0.15) is 35.7 Å². The summed E-state index contributed by atoms with van der Waals surface area (Å²) >= 11 is 13.8. The van der Waals surface area contributed by atoms with E-state index in [0.29, 0.717) is 52.2 Å². The van der Waals surface area contributed by atoms with E-state index in [1.807, 2.05) is 37.4 Å². The van der Waals surface area contributed by atoms with Crippen LogP contribution in [0.15, 0.2) is 64.9 Å². The van der Waals surface area contributed by atoms with Crippen LogP contribution in [-0.2, 0) is 4.79 Å². The van der Waals surface area contributed by atoms with Crippen molar-refractivity contribution >= 4 is 52.7 Å². The van der Waals surface area contributed by atoms with E-state index < -0.39 is 12.1 Å². The molecule has 12 heteroatoms. The van der Waals surface area contributed by atoms with Crippen molar-refractivity contribution in [2.75, 3.05) is 32.5 Å². The molecule has 0 spiro atoms. The number of thioether (sulfide) groups is 1. The SMILES string of the molecule is CCOc1nc(SC)ncc1C1=N[C@@H](c2ccc(Cl)cc2)[C@@H](c2ccc(Cl)cc2)N1C(=O)N1CCNC(=O)C1. The molecule has 202 valence electrons. The van der Waals surface area contributed by atoms with Gasteiger partial charge >= 0.3 is 6.03 Å². The number of nitrogens with zero attached hydrogens (tertiary/aromatic N) is 5. The summed E-state index contributed by atoms with van der Waals surface area (Å²) < 4.78 is 5.90. The number of benzene rings is 2. The number of halogens is 2. The number of amides is 3. The Morgan fingerprint density at radius 2 is 1.77 bits per heavy atom. The molecule has 1 N–H and O–H groups in total. The van der Waals surface area contributed by atoms with Crippen LogP contribution in [0.3, 0.4) is 0 Å². The van der Waals surface area contributed by atoms with Crippen LogP contribution in [0.4, 0.5) is 4.79 Å². The Morgan fingerprint density at radius 1 is 1.10 bits per heavy atom. The summed E-state index contributed by atoms with van der Waals surface area (Å²) in [5, 5.41) is 4.48. The van der Waals surface area contributed by atoms with Gasteiger partial charge in [0.25, 0.3) is 0 Å². The lowest BCUT2D eigenvalue weighted by atomic mass is 9.94. The van der Waals surface area contributed by atoms with Crippen LogP contribution in [0.25, 0.3) is 0 Å². The molecule has 0 bridgehead atoms. The minimum absolute atomic E-state index is 0.0538. The van der Waals surface area contributed by atoms with Crippen LogP contribution < -0.4 is 10.1 Å². The van der Waals surface area contributed by atoms with Gasteiger partial charge in [-0.1, -0.05) is 59.2 Å². The summed E-state index contributed by atoms with van der Waals surface area (Å²) in [5.41, 5.74) is 2.18. The highest BCUT2D eigenvalue weighted by Gasteiger charge is 2.45. The summed E-state index contributed by atoms with van der Waals surface area (Å²) in [5.74, 6) is 0.477. The summed E-state index contributed by atoms with van der Waals surface area (Å²) in [7, 11) is 0. The molecule has 1 saturated heterocycles. The van der Waals surface area contributed by atoms with Crippen LogP contribution in [0.5, 0.6) is 5.88 Å². The van der Waals surface area contributed by atoms with Gasteiger partial charge < -0.3 is 15.0 Å². The number of carbonyl (C=O) groups is 2. The zero-order valence-corrected chi connectivity index (χ0v) is 23.6. The van der Waals surface area contributed by atoms with Crippen molar-refractivity contribution in [3.8, 4) is 5.88 Å². The van der Waals surface area contributed by atoms with Crippen molar-refractivity contribution in [2.24, 2.45) is 4.99 Å². The number of nitrogens with one attached hydrogen (secondary N) is 1. The minimum atomic E-state index is -0.550. The number of aliphatic imine (C=N–C) groups is 1. The molecule has 3 amide bonds. The van der Waals surface area contributed by atoms with E-state index in [2.05, 4.69) is 15.3 Å². The highest BCUT2D eigenvalue weighted by Crippen LogP contribution is 2.45. The van der Waals surface area contributed by atoms with Crippen LogP contribution in [0, 0.1) is 0 Å². The molecule has 0 radical (unpaired) electrons. The quantitative estimate of drug-likeness (QED) is 0.323. The number of ether oxygens (including phenoxy) is 1. The maximum absolute atomic E-state index is 14.3. The molecule has 0 saturated carbocycles. The molecule has 5 rings (SSSR count). The standard InChI is InChI=1S/C27H26Cl2N6O3S/c1-3-38-25-20(14-31-26(33-25)39-2)24-32-22(16-4-8-18(28)9-5-16)23(17-6-10-19(29)11-7-17)35(24)27(37)34-13-12-30-21(36)15-34/h4-11,14,22-23H,3,12-13,15H2,1-2H3,(H,30,36)/t22-,23+/m0/s1. The first-order valence-electron chi connectivity index (χ1n) is 12.4. The zero-order valence-electron chi connectivity index (χ0n) is 21.3. The van der Waals surface area contributed by atoms with Crippen molar-refractivity contribution in [3.63, 3.8) is 0 Å². The van der Waals surface area contributed by atoms with E-state index in [0.717, 1.165) is 11.1 Å². The number of piperazine rings is 1. The topological polar surface area (TPSA) is 100 Å². The summed E-state index contributed by atoms with van der Waals surface area (Å²) in [6, 6.07) is 13.3. The molecule has 2 aromatic carbocycles. The number of hydrogen-bond donors (Lipinski definition) is 1. The summed E-state index contributed by atoms with van der Waals surface area (Å²) in [6.07, 6.45) is 3.51. The normalized spacial score (nSPS) is 19.1. The average molecular weight is 586 g/mol. The van der Waals surface area contributed by atoms with E-state index in [4.69, 9.17) is 32.9 Å². The fourth-order valence-corrected chi connectivity index (χ4v) is 5.24. The van der Waals surface area contributed by atoms with Gasteiger partial charge in [0.2, 0.25) is 11.8 Å². The fraction of sp³-hybridized carbons (Fsp3) is 0.296. The van der Waals surface area contributed by atoms with Gasteiger partial charge in [-0.15, -0.1) is 0 Å². The zero-order chi connectivity index (χ0) is 27.5. The Kier molecular flexibility index (Phi) is 8.25. The van der Waals surface area contributed by atoms with Gasteiger partial charge in [0.1, 0.15) is 18.4 Å². The van der Waals surface area contributed by atoms with Crippen molar-refractivity contribution < 1.29 is 14.3 Å². The Hall–Kier alpha value is -3.34. The van der Waals surface area contributed by atoms with Crippen molar-refractivity contribution in [1.29, 1.82) is 0 Å². The molecule has 1 fully saturated rings. The second kappa shape index (κ2) is 11.8. The molecule has 1 aromatic heterocycles.